The monoisotopic (exact) mass is 268 g/mol. The number of hydrogen-bond donors (Lipinski definition) is 1. The van der Waals surface area contributed by atoms with E-state index in [0.29, 0.717) is 0 Å². The van der Waals surface area contributed by atoms with Gasteiger partial charge in [0.1, 0.15) is 13.2 Å². The summed E-state index contributed by atoms with van der Waals surface area (Å²) >= 11 is 0. The Morgan fingerprint density at radius 3 is 2.50 bits per heavy atom. The summed E-state index contributed by atoms with van der Waals surface area (Å²) in [7, 11) is 0. The second kappa shape index (κ2) is 6.94. The van der Waals surface area contributed by atoms with E-state index in [1.54, 1.807) is 0 Å². The Morgan fingerprint density at radius 1 is 1.39 bits per heavy atom. The first-order chi connectivity index (χ1) is 8.42. The van der Waals surface area contributed by atoms with Crippen molar-refractivity contribution in [2.24, 2.45) is 0 Å². The van der Waals surface area contributed by atoms with Gasteiger partial charge in [0.05, 0.1) is 6.10 Å². The lowest BCUT2D eigenvalue weighted by molar-refractivity contribution is -0.164. The second-order valence-corrected chi connectivity index (χ2v) is 4.28. The van der Waals surface area contributed by atoms with E-state index >= 15 is 0 Å². The Bertz CT molecular complexity index is 266. The van der Waals surface area contributed by atoms with Crippen LogP contribution >= 0.6 is 0 Å². The van der Waals surface area contributed by atoms with Crippen LogP contribution < -0.4 is 5.32 Å². The van der Waals surface area contributed by atoms with Gasteiger partial charge in [-0.15, -0.1) is 0 Å². The van der Waals surface area contributed by atoms with Crippen LogP contribution in [0.3, 0.4) is 0 Å². The second-order valence-electron chi connectivity index (χ2n) is 4.28. The summed E-state index contributed by atoms with van der Waals surface area (Å²) in [6.45, 7) is 1.71. The standard InChI is InChI=1S/C11H19F3N2O2/c1-2-16(8-11(12,13)14)10(17)7-18-9-3-5-15-6-4-9/h9,15H,2-8H2,1H3. The summed E-state index contributed by atoms with van der Waals surface area (Å²) in [6, 6.07) is 0. The molecule has 1 saturated heterocycles. The number of piperidine rings is 1. The molecule has 18 heavy (non-hydrogen) atoms. The highest BCUT2D eigenvalue weighted by molar-refractivity contribution is 5.77. The fraction of sp³-hybridized carbons (Fsp3) is 0.909. The van der Waals surface area contributed by atoms with Gasteiger partial charge < -0.3 is 15.0 Å². The third-order valence-electron chi connectivity index (χ3n) is 2.83. The van der Waals surface area contributed by atoms with E-state index in [1.807, 2.05) is 0 Å². The van der Waals surface area contributed by atoms with Crippen LogP contribution in [0.5, 0.6) is 0 Å². The average Bonchev–Trinajstić information content (AvgIpc) is 2.33. The predicted octanol–water partition coefficient (Wildman–Crippen LogP) is 1.17. The van der Waals surface area contributed by atoms with Gasteiger partial charge in [0.15, 0.2) is 0 Å². The Labute approximate surface area is 104 Å². The zero-order valence-electron chi connectivity index (χ0n) is 10.4. The number of carbonyl (C=O) groups excluding carboxylic acids is 1. The fourth-order valence-corrected chi connectivity index (χ4v) is 1.84. The van der Waals surface area contributed by atoms with Gasteiger partial charge in [-0.05, 0) is 32.9 Å². The van der Waals surface area contributed by atoms with Crippen LogP contribution in [0.15, 0.2) is 0 Å². The Kier molecular flexibility index (Phi) is 5.87. The van der Waals surface area contributed by atoms with Crippen molar-refractivity contribution in [1.29, 1.82) is 0 Å². The average molecular weight is 268 g/mol. The summed E-state index contributed by atoms with van der Waals surface area (Å²) in [6.07, 6.45) is -2.81. The number of ether oxygens (including phenoxy) is 1. The highest BCUT2D eigenvalue weighted by Gasteiger charge is 2.32. The molecule has 1 aliphatic heterocycles. The van der Waals surface area contributed by atoms with E-state index in [9.17, 15) is 18.0 Å². The van der Waals surface area contributed by atoms with E-state index < -0.39 is 18.6 Å². The molecule has 1 fully saturated rings. The predicted molar refractivity (Wildman–Crippen MR) is 60.2 cm³/mol. The van der Waals surface area contributed by atoms with Crippen LogP contribution in [0.25, 0.3) is 0 Å². The number of nitrogens with one attached hydrogen (secondary N) is 1. The largest absolute Gasteiger partial charge is 0.406 e. The maximum absolute atomic E-state index is 12.2. The van der Waals surface area contributed by atoms with Crippen LogP contribution in [-0.2, 0) is 9.53 Å². The van der Waals surface area contributed by atoms with Gasteiger partial charge in [0.2, 0.25) is 5.91 Å². The molecule has 0 saturated carbocycles. The van der Waals surface area contributed by atoms with Gasteiger partial charge in [-0.25, -0.2) is 0 Å². The SMILES string of the molecule is CCN(CC(F)(F)F)C(=O)COC1CCNCC1. The highest BCUT2D eigenvalue weighted by Crippen LogP contribution is 2.16. The molecule has 1 amide bonds. The maximum atomic E-state index is 12.2. The summed E-state index contributed by atoms with van der Waals surface area (Å²) in [5, 5.41) is 3.14. The highest BCUT2D eigenvalue weighted by atomic mass is 19.4. The summed E-state index contributed by atoms with van der Waals surface area (Å²) in [4.78, 5) is 12.3. The molecule has 0 aromatic rings. The maximum Gasteiger partial charge on any atom is 0.406 e. The molecule has 0 aromatic heterocycles. The molecular weight excluding hydrogens is 249 g/mol. The van der Waals surface area contributed by atoms with Crippen molar-refractivity contribution in [2.75, 3.05) is 32.8 Å². The summed E-state index contributed by atoms with van der Waals surface area (Å²) in [5.41, 5.74) is 0. The number of alkyl halides is 3. The molecule has 0 spiro atoms. The van der Waals surface area contributed by atoms with Crippen LogP contribution in [0.1, 0.15) is 19.8 Å². The van der Waals surface area contributed by atoms with Crippen molar-refractivity contribution < 1.29 is 22.7 Å². The molecule has 0 aromatic carbocycles. The molecule has 1 rings (SSSR count). The van der Waals surface area contributed by atoms with Crippen LogP contribution in [-0.4, -0.2) is 55.9 Å². The molecule has 1 heterocycles. The zero-order valence-corrected chi connectivity index (χ0v) is 10.4. The van der Waals surface area contributed by atoms with Crippen molar-refractivity contribution in [1.82, 2.24) is 10.2 Å². The number of carbonyl (C=O) groups is 1. The molecular formula is C11H19F3N2O2. The number of likely N-dealkylation sites (N-methyl/N-ethyl adjacent to an activating group) is 1. The minimum Gasteiger partial charge on any atom is -0.368 e. The van der Waals surface area contributed by atoms with Crippen molar-refractivity contribution in [2.45, 2.75) is 32.0 Å². The molecule has 0 unspecified atom stereocenters. The summed E-state index contributed by atoms with van der Waals surface area (Å²) in [5.74, 6) is -0.603. The van der Waals surface area contributed by atoms with E-state index in [2.05, 4.69) is 5.32 Å². The lowest BCUT2D eigenvalue weighted by atomic mass is 10.1. The van der Waals surface area contributed by atoms with Crippen molar-refractivity contribution in [3.63, 3.8) is 0 Å². The molecule has 7 heteroatoms. The normalized spacial score (nSPS) is 17.8. The smallest absolute Gasteiger partial charge is 0.368 e. The minimum atomic E-state index is -4.36. The van der Waals surface area contributed by atoms with Gasteiger partial charge in [0, 0.05) is 6.54 Å². The molecule has 106 valence electrons. The van der Waals surface area contributed by atoms with Gasteiger partial charge in [-0.2, -0.15) is 13.2 Å². The molecule has 1 aliphatic rings. The van der Waals surface area contributed by atoms with Crippen LogP contribution in [0.4, 0.5) is 13.2 Å². The first kappa shape index (κ1) is 15.2. The van der Waals surface area contributed by atoms with E-state index in [1.165, 1.54) is 6.92 Å². The van der Waals surface area contributed by atoms with E-state index in [-0.39, 0.29) is 19.3 Å². The first-order valence-corrected chi connectivity index (χ1v) is 6.09. The topological polar surface area (TPSA) is 41.6 Å². The minimum absolute atomic E-state index is 0.0280. The van der Waals surface area contributed by atoms with Crippen molar-refractivity contribution in [3.8, 4) is 0 Å². The third-order valence-corrected chi connectivity index (χ3v) is 2.83. The third kappa shape index (κ3) is 5.68. The molecule has 0 aliphatic carbocycles. The first-order valence-electron chi connectivity index (χ1n) is 6.09. The molecule has 0 radical (unpaired) electrons. The molecule has 4 nitrogen and oxygen atoms in total. The zero-order chi connectivity index (χ0) is 13.6. The number of rotatable bonds is 5. The van der Waals surface area contributed by atoms with E-state index in [0.717, 1.165) is 30.8 Å². The van der Waals surface area contributed by atoms with Crippen molar-refractivity contribution >= 4 is 5.91 Å². The van der Waals surface area contributed by atoms with Crippen LogP contribution in [0, 0.1) is 0 Å². The Morgan fingerprint density at radius 2 is 2.00 bits per heavy atom. The number of amides is 1. The van der Waals surface area contributed by atoms with Gasteiger partial charge >= 0.3 is 6.18 Å². The van der Waals surface area contributed by atoms with Gasteiger partial charge in [-0.3, -0.25) is 4.79 Å². The van der Waals surface area contributed by atoms with Gasteiger partial charge in [0.25, 0.3) is 0 Å². The molecule has 0 bridgehead atoms. The quantitative estimate of drug-likeness (QED) is 0.813. The molecule has 0 atom stereocenters. The fourth-order valence-electron chi connectivity index (χ4n) is 1.84. The Balaban J connectivity index is 2.32. The molecule has 1 N–H and O–H groups in total. The number of halogens is 3. The lowest BCUT2D eigenvalue weighted by Gasteiger charge is -2.26. The van der Waals surface area contributed by atoms with Crippen LogP contribution in [0.2, 0.25) is 0 Å². The number of hydrogen-bond acceptors (Lipinski definition) is 3. The van der Waals surface area contributed by atoms with E-state index in [4.69, 9.17) is 4.74 Å². The Hall–Kier alpha value is -0.820. The summed E-state index contributed by atoms with van der Waals surface area (Å²) < 4.78 is 42.0. The number of nitrogens with zero attached hydrogens (tertiary/aromatic N) is 1. The lowest BCUT2D eigenvalue weighted by Crippen LogP contribution is -2.42. The van der Waals surface area contributed by atoms with Gasteiger partial charge in [-0.1, -0.05) is 0 Å². The van der Waals surface area contributed by atoms with Crippen molar-refractivity contribution in [3.05, 3.63) is 0 Å².